The quantitative estimate of drug-likeness (QED) is 0.209. The molecule has 7 nitrogen and oxygen atoms in total. The van der Waals surface area contributed by atoms with Crippen molar-refractivity contribution in [2.75, 3.05) is 10.0 Å². The fraction of sp³-hybridized carbons (Fsp3) is 0.0714. The van der Waals surface area contributed by atoms with E-state index < -0.39 is 37.6 Å². The highest BCUT2D eigenvalue weighted by Crippen LogP contribution is 2.39. The van der Waals surface area contributed by atoms with Crippen molar-refractivity contribution in [3.63, 3.8) is 0 Å². The summed E-state index contributed by atoms with van der Waals surface area (Å²) in [4.78, 5) is 15.4. The van der Waals surface area contributed by atoms with Gasteiger partial charge in [-0.25, -0.2) is 13.4 Å². The van der Waals surface area contributed by atoms with Crippen LogP contribution in [0.15, 0.2) is 96.5 Å². The number of benzene rings is 3. The standard InChI is InChI=1S/C28H21ClF3N3O4S/c1-3-26(36)34-19-9-12-25(21(14-19)18-7-5-4-6-8-18)39-27-24(13-17(2)16-33-27)35-40(37,38)20-10-11-23(29)22(15-20)28(30,31)32/h3-16,35H,1H2,2H3,(H,34,36). The maximum atomic E-state index is 13.3. The lowest BCUT2D eigenvalue weighted by Crippen LogP contribution is -2.16. The van der Waals surface area contributed by atoms with Gasteiger partial charge in [-0.05, 0) is 66.6 Å². The molecule has 0 spiro atoms. The predicted octanol–water partition coefficient (Wildman–Crippen LogP) is 7.45. The number of amides is 1. The van der Waals surface area contributed by atoms with Crippen LogP contribution in [0.1, 0.15) is 11.1 Å². The van der Waals surface area contributed by atoms with Gasteiger partial charge in [-0.15, -0.1) is 0 Å². The normalized spacial score (nSPS) is 11.5. The van der Waals surface area contributed by atoms with Crippen molar-refractivity contribution in [1.82, 2.24) is 4.98 Å². The number of hydrogen-bond acceptors (Lipinski definition) is 5. The summed E-state index contributed by atoms with van der Waals surface area (Å²) in [6.07, 6.45) is -2.29. The molecule has 0 saturated carbocycles. The van der Waals surface area contributed by atoms with Crippen LogP contribution in [0.5, 0.6) is 11.6 Å². The van der Waals surface area contributed by atoms with E-state index >= 15 is 0 Å². The van der Waals surface area contributed by atoms with E-state index in [2.05, 4.69) is 21.6 Å². The van der Waals surface area contributed by atoms with E-state index in [0.717, 1.165) is 23.8 Å². The van der Waals surface area contributed by atoms with Gasteiger partial charge in [-0.1, -0.05) is 48.5 Å². The largest absolute Gasteiger partial charge is 0.436 e. The maximum absolute atomic E-state index is 13.3. The second-order valence-corrected chi connectivity index (χ2v) is 10.6. The summed E-state index contributed by atoms with van der Waals surface area (Å²) in [6, 6.07) is 17.6. The summed E-state index contributed by atoms with van der Waals surface area (Å²) in [5, 5.41) is 2.04. The molecule has 1 aromatic heterocycles. The first-order chi connectivity index (χ1) is 18.9. The lowest BCUT2D eigenvalue weighted by molar-refractivity contribution is -0.137. The lowest BCUT2D eigenvalue weighted by atomic mass is 10.0. The highest BCUT2D eigenvalue weighted by molar-refractivity contribution is 7.92. The number of rotatable bonds is 8. The number of carbonyl (C=O) groups excluding carboxylic acids is 1. The summed E-state index contributed by atoms with van der Waals surface area (Å²) in [6.45, 7) is 5.09. The van der Waals surface area contributed by atoms with Crippen LogP contribution in [0.4, 0.5) is 24.5 Å². The highest BCUT2D eigenvalue weighted by Gasteiger charge is 2.34. The van der Waals surface area contributed by atoms with Crippen LogP contribution >= 0.6 is 11.6 Å². The predicted molar refractivity (Wildman–Crippen MR) is 147 cm³/mol. The molecular weight excluding hydrogens is 567 g/mol. The molecular formula is C28H21ClF3N3O4S. The van der Waals surface area contributed by atoms with Gasteiger partial charge in [-0.2, -0.15) is 13.2 Å². The molecule has 1 heterocycles. The zero-order chi connectivity index (χ0) is 29.1. The molecule has 0 atom stereocenters. The summed E-state index contributed by atoms with van der Waals surface area (Å²) < 4.78 is 74.6. The molecule has 0 bridgehead atoms. The molecule has 0 aliphatic heterocycles. The number of nitrogens with zero attached hydrogens (tertiary/aromatic N) is 1. The Balaban J connectivity index is 1.74. The van der Waals surface area contributed by atoms with E-state index in [9.17, 15) is 26.4 Å². The van der Waals surface area contributed by atoms with Crippen LogP contribution in [0, 0.1) is 6.92 Å². The van der Waals surface area contributed by atoms with Crippen LogP contribution in [-0.2, 0) is 21.0 Å². The van der Waals surface area contributed by atoms with Crippen molar-refractivity contribution >= 4 is 38.9 Å². The molecule has 3 aromatic carbocycles. The summed E-state index contributed by atoms with van der Waals surface area (Å²) >= 11 is 5.65. The molecule has 40 heavy (non-hydrogen) atoms. The van der Waals surface area contributed by atoms with Gasteiger partial charge in [0.05, 0.1) is 15.5 Å². The maximum Gasteiger partial charge on any atom is 0.417 e. The highest BCUT2D eigenvalue weighted by atomic mass is 35.5. The molecule has 0 aliphatic carbocycles. The number of sulfonamides is 1. The molecule has 2 N–H and O–H groups in total. The topological polar surface area (TPSA) is 97.4 Å². The number of ether oxygens (including phenoxy) is 1. The molecule has 4 aromatic rings. The molecule has 12 heteroatoms. The fourth-order valence-electron chi connectivity index (χ4n) is 3.64. The Hall–Kier alpha value is -4.35. The van der Waals surface area contributed by atoms with Gasteiger partial charge in [0.2, 0.25) is 11.8 Å². The van der Waals surface area contributed by atoms with Gasteiger partial charge in [-0.3, -0.25) is 9.52 Å². The van der Waals surface area contributed by atoms with Crippen LogP contribution < -0.4 is 14.8 Å². The number of pyridine rings is 1. The van der Waals surface area contributed by atoms with Gasteiger partial charge < -0.3 is 10.1 Å². The molecule has 206 valence electrons. The van der Waals surface area contributed by atoms with Crippen LogP contribution in [-0.4, -0.2) is 19.3 Å². The van der Waals surface area contributed by atoms with Gasteiger partial charge in [0.25, 0.3) is 10.0 Å². The number of nitrogens with one attached hydrogen (secondary N) is 2. The third-order valence-corrected chi connectivity index (χ3v) is 7.20. The SMILES string of the molecule is C=CC(=O)Nc1ccc(Oc2ncc(C)cc2NS(=O)(=O)c2ccc(Cl)c(C(F)(F)F)c2)c(-c2ccccc2)c1. The van der Waals surface area contributed by atoms with Crippen molar-refractivity contribution in [3.05, 3.63) is 108 Å². The van der Waals surface area contributed by atoms with Crippen molar-refractivity contribution in [2.45, 2.75) is 18.0 Å². The van der Waals surface area contributed by atoms with Gasteiger partial charge >= 0.3 is 6.18 Å². The van der Waals surface area contributed by atoms with Crippen LogP contribution in [0.2, 0.25) is 5.02 Å². The van der Waals surface area contributed by atoms with E-state index in [1.165, 1.54) is 12.3 Å². The van der Waals surface area contributed by atoms with E-state index in [0.29, 0.717) is 22.9 Å². The Labute approximate surface area is 233 Å². The Morgan fingerprint density at radius 1 is 1.05 bits per heavy atom. The third kappa shape index (κ3) is 6.61. The van der Waals surface area contributed by atoms with Gasteiger partial charge in [0.15, 0.2) is 0 Å². The lowest BCUT2D eigenvalue weighted by Gasteiger charge is -2.17. The molecule has 0 unspecified atom stereocenters. The first-order valence-electron chi connectivity index (χ1n) is 11.5. The number of aryl methyl sites for hydroxylation is 1. The zero-order valence-electron chi connectivity index (χ0n) is 20.8. The average molecular weight is 588 g/mol. The number of carbonyl (C=O) groups is 1. The second kappa shape index (κ2) is 11.4. The second-order valence-electron chi connectivity index (χ2n) is 8.48. The van der Waals surface area contributed by atoms with Crippen molar-refractivity contribution in [1.29, 1.82) is 0 Å². The summed E-state index contributed by atoms with van der Waals surface area (Å²) in [5.41, 5.74) is 0.895. The van der Waals surface area contributed by atoms with E-state index in [1.54, 1.807) is 37.3 Å². The fourth-order valence-corrected chi connectivity index (χ4v) is 4.94. The minimum atomic E-state index is -4.85. The molecule has 0 radical (unpaired) electrons. The Morgan fingerprint density at radius 3 is 2.45 bits per heavy atom. The van der Waals surface area contributed by atoms with Crippen LogP contribution in [0.25, 0.3) is 11.1 Å². The Bertz CT molecular complexity index is 1700. The third-order valence-electron chi connectivity index (χ3n) is 5.51. The minimum absolute atomic E-state index is 0.105. The monoisotopic (exact) mass is 587 g/mol. The number of halogens is 4. The first-order valence-corrected chi connectivity index (χ1v) is 13.4. The molecule has 0 saturated heterocycles. The molecule has 1 amide bonds. The van der Waals surface area contributed by atoms with E-state index in [-0.39, 0.29) is 17.3 Å². The van der Waals surface area contributed by atoms with Crippen molar-refractivity contribution < 1.29 is 31.1 Å². The smallest absolute Gasteiger partial charge is 0.417 e. The Morgan fingerprint density at radius 2 is 1.77 bits per heavy atom. The average Bonchev–Trinajstić information content (AvgIpc) is 2.90. The summed E-state index contributed by atoms with van der Waals surface area (Å²) in [5.74, 6) is -0.301. The molecule has 0 aliphatic rings. The Kier molecular flexibility index (Phi) is 8.17. The van der Waals surface area contributed by atoms with Crippen molar-refractivity contribution in [2.24, 2.45) is 0 Å². The summed E-state index contributed by atoms with van der Waals surface area (Å²) in [7, 11) is -4.52. The number of alkyl halides is 3. The van der Waals surface area contributed by atoms with Crippen molar-refractivity contribution in [3.8, 4) is 22.8 Å². The number of hydrogen-bond donors (Lipinski definition) is 2. The van der Waals surface area contributed by atoms with Gasteiger partial charge in [0.1, 0.15) is 11.4 Å². The minimum Gasteiger partial charge on any atom is -0.436 e. The number of anilines is 2. The van der Waals surface area contributed by atoms with Gasteiger partial charge in [0, 0.05) is 17.4 Å². The number of aromatic nitrogens is 1. The van der Waals surface area contributed by atoms with E-state index in [4.69, 9.17) is 16.3 Å². The van der Waals surface area contributed by atoms with Crippen LogP contribution in [0.3, 0.4) is 0 Å². The molecule has 0 fully saturated rings. The first kappa shape index (κ1) is 28.7. The molecule has 4 rings (SSSR count). The van der Waals surface area contributed by atoms with E-state index in [1.807, 2.05) is 18.2 Å². The zero-order valence-corrected chi connectivity index (χ0v) is 22.4.